The van der Waals surface area contributed by atoms with Crippen LogP contribution in [0.15, 0.2) is 30.3 Å². The molecule has 1 aromatic carbocycles. The SMILES string of the molecule is CCC(C)(C)POc1ccccc1.Cl. The first-order valence-corrected chi connectivity index (χ1v) is 5.54. The highest BCUT2D eigenvalue weighted by Gasteiger charge is 2.16. The van der Waals surface area contributed by atoms with E-state index in [4.69, 9.17) is 4.52 Å². The normalized spacial score (nSPS) is 11.4. The molecule has 1 aromatic rings. The Balaban J connectivity index is 0.00000169. The van der Waals surface area contributed by atoms with E-state index in [-0.39, 0.29) is 12.4 Å². The summed E-state index contributed by atoms with van der Waals surface area (Å²) in [5.74, 6) is 0.974. The maximum absolute atomic E-state index is 5.69. The highest BCUT2D eigenvalue weighted by Crippen LogP contribution is 2.35. The molecule has 0 amide bonds. The van der Waals surface area contributed by atoms with Gasteiger partial charge in [-0.1, -0.05) is 39.0 Å². The molecule has 0 spiro atoms. The van der Waals surface area contributed by atoms with Gasteiger partial charge >= 0.3 is 0 Å². The van der Waals surface area contributed by atoms with Crippen molar-refractivity contribution < 1.29 is 4.52 Å². The predicted molar refractivity (Wildman–Crippen MR) is 67.0 cm³/mol. The van der Waals surface area contributed by atoms with Crippen LogP contribution in [0.4, 0.5) is 0 Å². The quantitative estimate of drug-likeness (QED) is 0.705. The second kappa shape index (κ2) is 6.27. The molecule has 1 atom stereocenters. The molecular weight excluding hydrogens is 215 g/mol. The van der Waals surface area contributed by atoms with Crippen LogP contribution < -0.4 is 4.52 Å². The molecule has 0 aromatic heterocycles. The number of hydrogen-bond donors (Lipinski definition) is 0. The monoisotopic (exact) mass is 232 g/mol. The van der Waals surface area contributed by atoms with E-state index in [0.717, 1.165) is 12.2 Å². The van der Waals surface area contributed by atoms with Crippen molar-refractivity contribution in [2.75, 3.05) is 0 Å². The topological polar surface area (TPSA) is 9.23 Å². The van der Waals surface area contributed by atoms with Gasteiger partial charge < -0.3 is 4.52 Å². The largest absolute Gasteiger partial charge is 0.477 e. The summed E-state index contributed by atoms with van der Waals surface area (Å²) in [7, 11) is 0.536. The smallest absolute Gasteiger partial charge is 0.122 e. The highest BCUT2D eigenvalue weighted by atomic mass is 35.5. The van der Waals surface area contributed by atoms with E-state index in [1.165, 1.54) is 0 Å². The van der Waals surface area contributed by atoms with E-state index in [9.17, 15) is 0 Å². The molecule has 1 unspecified atom stereocenters. The Morgan fingerprint density at radius 2 is 1.79 bits per heavy atom. The minimum atomic E-state index is 0. The van der Waals surface area contributed by atoms with Crippen molar-refractivity contribution in [3.8, 4) is 5.75 Å². The minimum absolute atomic E-state index is 0. The fraction of sp³-hybridized carbons (Fsp3) is 0.455. The summed E-state index contributed by atoms with van der Waals surface area (Å²) in [6.45, 7) is 6.66. The van der Waals surface area contributed by atoms with Crippen molar-refractivity contribution in [2.45, 2.75) is 32.3 Å². The Kier molecular flexibility index (Phi) is 6.15. The van der Waals surface area contributed by atoms with Crippen LogP contribution >= 0.6 is 21.2 Å². The molecule has 0 aliphatic carbocycles. The third-order valence-electron chi connectivity index (χ3n) is 2.07. The van der Waals surface area contributed by atoms with Crippen molar-refractivity contribution in [2.24, 2.45) is 0 Å². The van der Waals surface area contributed by atoms with Crippen LogP contribution in [-0.4, -0.2) is 5.16 Å². The van der Waals surface area contributed by atoms with Gasteiger partial charge in [-0.05, 0) is 18.6 Å². The van der Waals surface area contributed by atoms with Crippen molar-refractivity contribution in [1.82, 2.24) is 0 Å². The lowest BCUT2D eigenvalue weighted by atomic mass is 10.1. The zero-order chi connectivity index (χ0) is 9.73. The molecule has 0 N–H and O–H groups in total. The average molecular weight is 233 g/mol. The zero-order valence-electron chi connectivity index (χ0n) is 8.91. The molecule has 0 fully saturated rings. The third-order valence-corrected chi connectivity index (χ3v) is 3.32. The molecule has 14 heavy (non-hydrogen) atoms. The van der Waals surface area contributed by atoms with Crippen LogP contribution in [0.3, 0.4) is 0 Å². The van der Waals surface area contributed by atoms with Gasteiger partial charge in [-0.15, -0.1) is 12.4 Å². The van der Waals surface area contributed by atoms with E-state index in [0.29, 0.717) is 14.0 Å². The maximum atomic E-state index is 5.69. The van der Waals surface area contributed by atoms with Crippen LogP contribution in [0.2, 0.25) is 0 Å². The van der Waals surface area contributed by atoms with Crippen LogP contribution in [-0.2, 0) is 0 Å². The molecule has 0 radical (unpaired) electrons. The molecule has 80 valence electrons. The molecule has 0 saturated heterocycles. The first kappa shape index (κ1) is 13.7. The summed E-state index contributed by atoms with van der Waals surface area (Å²) < 4.78 is 5.69. The van der Waals surface area contributed by atoms with Gasteiger partial charge in [0.15, 0.2) is 0 Å². The Morgan fingerprint density at radius 1 is 1.21 bits per heavy atom. The minimum Gasteiger partial charge on any atom is -0.477 e. The second-order valence-corrected chi connectivity index (χ2v) is 5.52. The molecular formula is C11H18ClOP. The first-order chi connectivity index (χ1) is 6.14. The van der Waals surface area contributed by atoms with Crippen molar-refractivity contribution in [1.29, 1.82) is 0 Å². The standard InChI is InChI=1S/C11H17OP.ClH/c1-4-11(2,3)13-12-10-8-6-5-7-9-10;/h5-9,13H,4H2,1-3H3;1H. The van der Waals surface area contributed by atoms with Gasteiger partial charge in [-0.3, -0.25) is 0 Å². The molecule has 1 rings (SSSR count). The van der Waals surface area contributed by atoms with Gasteiger partial charge in [0.25, 0.3) is 0 Å². The van der Waals surface area contributed by atoms with Gasteiger partial charge in [-0.25, -0.2) is 0 Å². The molecule has 0 bridgehead atoms. The molecule has 0 heterocycles. The fourth-order valence-electron chi connectivity index (χ4n) is 0.758. The van der Waals surface area contributed by atoms with E-state index in [1.807, 2.05) is 30.3 Å². The van der Waals surface area contributed by atoms with Crippen molar-refractivity contribution in [3.63, 3.8) is 0 Å². The predicted octanol–water partition coefficient (Wildman–Crippen LogP) is 4.27. The van der Waals surface area contributed by atoms with Gasteiger partial charge in [-0.2, -0.15) is 0 Å². The van der Waals surface area contributed by atoms with Crippen molar-refractivity contribution in [3.05, 3.63) is 30.3 Å². The van der Waals surface area contributed by atoms with Gasteiger partial charge in [0.1, 0.15) is 5.75 Å². The molecule has 1 nitrogen and oxygen atoms in total. The van der Waals surface area contributed by atoms with E-state index < -0.39 is 0 Å². The van der Waals surface area contributed by atoms with Crippen LogP contribution in [0.1, 0.15) is 27.2 Å². The van der Waals surface area contributed by atoms with Crippen LogP contribution in [0.5, 0.6) is 5.75 Å². The Morgan fingerprint density at radius 3 is 2.29 bits per heavy atom. The molecule has 0 saturated carbocycles. The average Bonchev–Trinajstić information content (AvgIpc) is 2.17. The summed E-state index contributed by atoms with van der Waals surface area (Å²) in [4.78, 5) is 0. The molecule has 3 heteroatoms. The van der Waals surface area contributed by atoms with E-state index in [2.05, 4.69) is 20.8 Å². The summed E-state index contributed by atoms with van der Waals surface area (Å²) in [5, 5.41) is 0.301. The number of rotatable bonds is 4. The summed E-state index contributed by atoms with van der Waals surface area (Å²) in [6, 6.07) is 10.00. The second-order valence-electron chi connectivity index (χ2n) is 3.75. The van der Waals surface area contributed by atoms with Gasteiger partial charge in [0, 0.05) is 5.16 Å². The lowest BCUT2D eigenvalue weighted by molar-refractivity contribution is 0.569. The Hall–Kier alpha value is -0.260. The maximum Gasteiger partial charge on any atom is 0.122 e. The summed E-state index contributed by atoms with van der Waals surface area (Å²) in [5.41, 5.74) is 0. The number of halogens is 1. The Bertz CT molecular complexity index is 249. The van der Waals surface area contributed by atoms with E-state index in [1.54, 1.807) is 0 Å². The third kappa shape index (κ3) is 4.83. The number of para-hydroxylation sites is 1. The lowest BCUT2D eigenvalue weighted by Gasteiger charge is -2.21. The number of hydrogen-bond acceptors (Lipinski definition) is 1. The van der Waals surface area contributed by atoms with Crippen molar-refractivity contribution >= 4 is 21.2 Å². The molecule has 0 aliphatic heterocycles. The Labute approximate surface area is 94.5 Å². The van der Waals surface area contributed by atoms with Crippen LogP contribution in [0.25, 0.3) is 0 Å². The fourth-order valence-corrected chi connectivity index (χ4v) is 1.43. The lowest BCUT2D eigenvalue weighted by Crippen LogP contribution is -2.11. The first-order valence-electron chi connectivity index (χ1n) is 4.63. The number of benzene rings is 1. The van der Waals surface area contributed by atoms with Gasteiger partial charge in [0.2, 0.25) is 0 Å². The summed E-state index contributed by atoms with van der Waals surface area (Å²) in [6.07, 6.45) is 1.15. The van der Waals surface area contributed by atoms with Gasteiger partial charge in [0.05, 0.1) is 8.81 Å². The highest BCUT2D eigenvalue weighted by molar-refractivity contribution is 7.34. The zero-order valence-corrected chi connectivity index (χ0v) is 10.7. The van der Waals surface area contributed by atoms with E-state index >= 15 is 0 Å². The van der Waals surface area contributed by atoms with Crippen LogP contribution in [0, 0.1) is 0 Å². The summed E-state index contributed by atoms with van der Waals surface area (Å²) >= 11 is 0. The molecule has 0 aliphatic rings.